The Morgan fingerprint density at radius 2 is 1.91 bits per heavy atom. The molecule has 2 aliphatic heterocycles. The molecule has 3 aromatic rings. The third-order valence-corrected chi connectivity index (χ3v) is 9.95. The van der Waals surface area contributed by atoms with Gasteiger partial charge in [-0.1, -0.05) is 25.1 Å². The number of likely N-dealkylation sites (N-methyl/N-ethyl adjacent to an activating group) is 1. The van der Waals surface area contributed by atoms with Crippen LogP contribution in [0.15, 0.2) is 53.5 Å². The molecule has 0 bridgehead atoms. The molecule has 1 aromatic heterocycles. The van der Waals surface area contributed by atoms with Gasteiger partial charge in [0.25, 0.3) is 11.5 Å². The predicted octanol–water partition coefficient (Wildman–Crippen LogP) is 2.54. The summed E-state index contributed by atoms with van der Waals surface area (Å²) in [5.74, 6) is -0.516. The van der Waals surface area contributed by atoms with E-state index in [2.05, 4.69) is 5.10 Å². The molecule has 1 amide bonds. The molecule has 3 heterocycles. The molecule has 2 N–H and O–H groups in total. The second-order valence-electron chi connectivity index (χ2n) is 9.89. The van der Waals surface area contributed by atoms with Crippen molar-refractivity contribution in [1.82, 2.24) is 9.78 Å². The number of carbonyl (C=O) groups excluding carboxylic acids is 1. The summed E-state index contributed by atoms with van der Waals surface area (Å²) in [6.45, 7) is 5.54. The number of amides is 1. The van der Waals surface area contributed by atoms with E-state index in [1.54, 1.807) is 36.3 Å². The van der Waals surface area contributed by atoms with Gasteiger partial charge in [-0.2, -0.15) is 9.78 Å². The highest BCUT2D eigenvalue weighted by Crippen LogP contribution is 2.59. The lowest BCUT2D eigenvalue weighted by Crippen LogP contribution is -2.45. The summed E-state index contributed by atoms with van der Waals surface area (Å²) in [5.41, 5.74) is 0.123. The minimum Gasteiger partial charge on any atom is -0.432 e. The molecule has 178 valence electrons. The number of hydrogen-bond donors (Lipinski definition) is 2. The van der Waals surface area contributed by atoms with Crippen LogP contribution in [0.25, 0.3) is 16.5 Å². The van der Waals surface area contributed by atoms with Crippen molar-refractivity contribution in [3.8, 4) is 5.69 Å². The van der Waals surface area contributed by atoms with Crippen LogP contribution in [-0.4, -0.2) is 53.7 Å². The molecule has 34 heavy (non-hydrogen) atoms. The Morgan fingerprint density at radius 3 is 2.62 bits per heavy atom. The minimum atomic E-state index is -2.75. The summed E-state index contributed by atoms with van der Waals surface area (Å²) in [5, 5.41) is 15.4. The minimum absolute atomic E-state index is 0.0955. The van der Waals surface area contributed by atoms with Crippen LogP contribution in [0.3, 0.4) is 0 Å². The van der Waals surface area contributed by atoms with Gasteiger partial charge in [0.05, 0.1) is 29.1 Å². The summed E-state index contributed by atoms with van der Waals surface area (Å²) >= 11 is 0. The van der Waals surface area contributed by atoms with E-state index in [4.69, 9.17) is 4.74 Å². The first-order chi connectivity index (χ1) is 16.1. The monoisotopic (exact) mass is 479 g/mol. The number of benzene rings is 2. The lowest BCUT2D eigenvalue weighted by atomic mass is 9.82. The Hall–Kier alpha value is -2.85. The first-order valence-electron chi connectivity index (χ1n) is 11.5. The maximum absolute atomic E-state index is 13.7. The molecule has 8 nitrogen and oxygen atoms in total. The molecular weight excluding hydrogens is 450 g/mol. The molecule has 2 aromatic carbocycles. The van der Waals surface area contributed by atoms with Gasteiger partial charge in [-0.15, -0.1) is 0 Å². The third-order valence-electron chi connectivity index (χ3n) is 7.45. The number of anilines is 1. The Bertz CT molecular complexity index is 1350. The molecular formula is C25H29N3O5Si. The van der Waals surface area contributed by atoms with Crippen molar-refractivity contribution >= 4 is 30.7 Å². The van der Waals surface area contributed by atoms with E-state index in [0.717, 1.165) is 5.39 Å². The van der Waals surface area contributed by atoms with Crippen LogP contribution in [0.2, 0.25) is 18.6 Å². The Kier molecular flexibility index (Phi) is 5.29. The summed E-state index contributed by atoms with van der Waals surface area (Å²) in [7, 11) is -1.04. The Balaban J connectivity index is 1.69. The van der Waals surface area contributed by atoms with Crippen molar-refractivity contribution in [2.75, 3.05) is 18.6 Å². The van der Waals surface area contributed by atoms with E-state index in [1.807, 2.05) is 44.3 Å². The van der Waals surface area contributed by atoms with E-state index in [-0.39, 0.29) is 29.5 Å². The zero-order chi connectivity index (χ0) is 24.4. The molecule has 0 radical (unpaired) electrons. The van der Waals surface area contributed by atoms with Crippen molar-refractivity contribution in [3.63, 3.8) is 0 Å². The second kappa shape index (κ2) is 7.84. The lowest BCUT2D eigenvalue weighted by molar-refractivity contribution is -0.146. The number of rotatable bonds is 4. The maximum atomic E-state index is 13.7. The fourth-order valence-corrected chi connectivity index (χ4v) is 8.58. The number of fused-ring (bicyclic) bond motifs is 3. The van der Waals surface area contributed by atoms with Crippen molar-refractivity contribution in [3.05, 3.63) is 64.6 Å². The van der Waals surface area contributed by atoms with Crippen LogP contribution < -0.4 is 10.5 Å². The zero-order valence-corrected chi connectivity index (χ0v) is 20.7. The number of carbonyl (C=O) groups is 1. The molecule has 4 atom stereocenters. The largest absolute Gasteiger partial charge is 0.432 e. The third kappa shape index (κ3) is 3.11. The summed E-state index contributed by atoms with van der Waals surface area (Å²) in [6.07, 6.45) is 1.55. The average molecular weight is 480 g/mol. The summed E-state index contributed by atoms with van der Waals surface area (Å²) in [6, 6.07) is 12.7. The first kappa shape index (κ1) is 22.9. The van der Waals surface area contributed by atoms with Gasteiger partial charge in [-0.25, -0.2) is 0 Å². The predicted molar refractivity (Wildman–Crippen MR) is 132 cm³/mol. The van der Waals surface area contributed by atoms with Crippen molar-refractivity contribution in [1.29, 1.82) is 0 Å². The number of aromatic nitrogens is 2. The molecule has 0 unspecified atom stereocenters. The normalized spacial score (nSPS) is 26.6. The number of nitrogens with zero attached hydrogens (tertiary/aromatic N) is 3. The highest BCUT2D eigenvalue weighted by atomic mass is 28.4. The van der Waals surface area contributed by atoms with Crippen LogP contribution in [0.4, 0.5) is 5.69 Å². The van der Waals surface area contributed by atoms with Gasteiger partial charge in [0.15, 0.2) is 13.9 Å². The first-order valence-corrected chi connectivity index (χ1v) is 14.5. The van der Waals surface area contributed by atoms with Crippen LogP contribution in [0.1, 0.15) is 18.9 Å². The van der Waals surface area contributed by atoms with Crippen molar-refractivity contribution < 1.29 is 19.4 Å². The van der Waals surface area contributed by atoms with Crippen LogP contribution in [0, 0.1) is 5.92 Å². The van der Waals surface area contributed by atoms with Gasteiger partial charge in [0, 0.05) is 36.1 Å². The standard InChI is InChI=1S/C25H29N3O5Si/c1-15-22(34(3,4)32)21(11-12-29)33-25(15)19-13-17(9-10-20(19)27(2)24(25)31)28-23(30)18-8-6-5-7-16(18)14-26-28/h5-10,13-15,21-22,29,32H,11-12H2,1-4H3/t15-,21+,22-,25+/m1/s1. The molecule has 0 saturated carbocycles. The fraction of sp³-hybridized carbons (Fsp3) is 0.400. The van der Waals surface area contributed by atoms with E-state index < -0.39 is 20.0 Å². The molecule has 5 rings (SSSR count). The van der Waals surface area contributed by atoms with E-state index >= 15 is 0 Å². The second-order valence-corrected chi connectivity index (χ2v) is 13.9. The van der Waals surface area contributed by atoms with Crippen molar-refractivity contribution in [2.24, 2.45) is 5.92 Å². The van der Waals surface area contributed by atoms with Gasteiger partial charge < -0.3 is 19.5 Å². The van der Waals surface area contributed by atoms with Crippen LogP contribution in [0.5, 0.6) is 0 Å². The number of aliphatic hydroxyl groups is 1. The molecule has 1 spiro atoms. The van der Waals surface area contributed by atoms with Gasteiger partial charge in [0.1, 0.15) is 0 Å². The van der Waals surface area contributed by atoms with Crippen LogP contribution in [-0.2, 0) is 15.1 Å². The zero-order valence-electron chi connectivity index (χ0n) is 19.7. The smallest absolute Gasteiger partial charge is 0.279 e. The van der Waals surface area contributed by atoms with Crippen molar-refractivity contribution in [2.45, 2.75) is 43.7 Å². The van der Waals surface area contributed by atoms with Gasteiger partial charge in [-0.3, -0.25) is 9.59 Å². The van der Waals surface area contributed by atoms with Crippen LogP contribution >= 0.6 is 0 Å². The SMILES string of the molecule is C[C@@H]1[C@@H]([Si](C)(C)O)[C@H](CCO)O[C@@]12C(=O)N(C)c1ccc(-n3ncc4ccccc4c3=O)cc12. The molecule has 2 aliphatic rings. The summed E-state index contributed by atoms with van der Waals surface area (Å²) < 4.78 is 7.86. The van der Waals surface area contributed by atoms with Gasteiger partial charge in [0.2, 0.25) is 0 Å². The lowest BCUT2D eigenvalue weighted by Gasteiger charge is -2.32. The summed E-state index contributed by atoms with van der Waals surface area (Å²) in [4.78, 5) is 39.6. The van der Waals surface area contributed by atoms with Gasteiger partial charge >= 0.3 is 0 Å². The quantitative estimate of drug-likeness (QED) is 0.557. The highest BCUT2D eigenvalue weighted by Gasteiger charge is 2.65. The highest BCUT2D eigenvalue weighted by molar-refractivity contribution is 6.71. The molecule has 1 fully saturated rings. The molecule has 1 saturated heterocycles. The molecule has 0 aliphatic carbocycles. The number of aliphatic hydroxyl groups excluding tert-OH is 1. The van der Waals surface area contributed by atoms with E-state index in [9.17, 15) is 19.5 Å². The number of ether oxygens (including phenoxy) is 1. The van der Waals surface area contributed by atoms with E-state index in [1.165, 1.54) is 4.68 Å². The van der Waals surface area contributed by atoms with E-state index in [0.29, 0.717) is 28.7 Å². The average Bonchev–Trinajstić information content (AvgIpc) is 3.21. The van der Waals surface area contributed by atoms with Gasteiger partial charge in [-0.05, 0) is 43.8 Å². The Morgan fingerprint density at radius 1 is 1.18 bits per heavy atom. The maximum Gasteiger partial charge on any atom is 0.279 e. The number of hydrogen-bond acceptors (Lipinski definition) is 6. The fourth-order valence-electron chi connectivity index (χ4n) is 5.97. The molecule has 9 heteroatoms. The Labute approximate surface area is 198 Å². The topological polar surface area (TPSA) is 105 Å².